The van der Waals surface area contributed by atoms with E-state index in [0.29, 0.717) is 109 Å². The van der Waals surface area contributed by atoms with Crippen LogP contribution in [-0.2, 0) is 52.4 Å². The number of rotatable bonds is 18. The van der Waals surface area contributed by atoms with E-state index in [2.05, 4.69) is 10.5 Å². The van der Waals surface area contributed by atoms with Crippen LogP contribution in [0.1, 0.15) is 132 Å². The number of fused-ring (bicyclic) bond motifs is 3. The number of carbonyl (C=O) groups is 3. The summed E-state index contributed by atoms with van der Waals surface area (Å²) in [7, 11) is 3.18. The van der Waals surface area contributed by atoms with Gasteiger partial charge in [0.05, 0.1) is 75.7 Å². The van der Waals surface area contributed by atoms with E-state index >= 15 is 0 Å². The van der Waals surface area contributed by atoms with Crippen molar-refractivity contribution in [3.05, 3.63) is 47.6 Å². The Kier molecular flexibility index (Phi) is 30.4. The van der Waals surface area contributed by atoms with Gasteiger partial charge in [-0.05, 0) is 108 Å². The normalized spacial score (nSPS) is 36.6. The third kappa shape index (κ3) is 22.6. The Bertz CT molecular complexity index is 1990. The van der Waals surface area contributed by atoms with Gasteiger partial charge >= 0.3 is 5.97 Å². The van der Waals surface area contributed by atoms with Gasteiger partial charge in [0.25, 0.3) is 5.91 Å². The highest BCUT2D eigenvalue weighted by Gasteiger charge is 2.46. The Hall–Kier alpha value is -3.64. The predicted molar refractivity (Wildman–Crippen MR) is 299 cm³/mol. The number of cyclic esters (lactones) is 1. The molecule has 0 radical (unpaired) electrons. The number of amides is 2. The lowest BCUT2D eigenvalue weighted by Gasteiger charge is -2.44. The lowest BCUT2D eigenvalue weighted by Crippen LogP contribution is -2.55. The summed E-state index contributed by atoms with van der Waals surface area (Å²) in [4.78, 5) is 48.7. The van der Waals surface area contributed by atoms with Crippen molar-refractivity contribution in [2.45, 2.75) is 199 Å². The van der Waals surface area contributed by atoms with Crippen LogP contribution in [0.15, 0.2) is 52.8 Å². The monoisotopic (exact) mass is 1120 g/mol. The number of piperidine rings is 1. The third-order valence-electron chi connectivity index (χ3n) is 16.2. The first-order valence-corrected chi connectivity index (χ1v) is 29.0. The number of ether oxygens (including phenoxy) is 7. The van der Waals surface area contributed by atoms with Crippen LogP contribution in [0, 0.1) is 29.6 Å². The van der Waals surface area contributed by atoms with Crippen molar-refractivity contribution in [1.82, 2.24) is 10.2 Å². The highest BCUT2D eigenvalue weighted by atomic mass is 16.6. The van der Waals surface area contributed by atoms with Crippen LogP contribution in [0.4, 0.5) is 0 Å². The van der Waals surface area contributed by atoms with E-state index < -0.39 is 90.7 Å². The zero-order valence-electron chi connectivity index (χ0n) is 48.9. The maximum atomic E-state index is 14.5. The summed E-state index contributed by atoms with van der Waals surface area (Å²) >= 11 is 0. The minimum atomic E-state index is -1.79. The number of carbonyl (C=O) groups excluding carboxylic acids is 3. The molecule has 0 aromatic carbocycles. The Labute approximate surface area is 470 Å². The molecule has 2 bridgehead atoms. The van der Waals surface area contributed by atoms with Crippen molar-refractivity contribution in [1.29, 1.82) is 0 Å². The van der Waals surface area contributed by atoms with Gasteiger partial charge in [0.2, 0.25) is 5.91 Å². The molecular formula is C59H100N4O16. The second-order valence-electron chi connectivity index (χ2n) is 22.5. The molecule has 3 heterocycles. The number of allylic oxidation sites excluding steroid dienone is 5. The molecule has 1 saturated carbocycles. The molecule has 1 aliphatic carbocycles. The van der Waals surface area contributed by atoms with Crippen LogP contribution >= 0.6 is 0 Å². The Morgan fingerprint density at radius 3 is 2.28 bits per heavy atom. The molecule has 2 saturated heterocycles. The number of nitrogens with one attached hydrogen (secondary N) is 1. The van der Waals surface area contributed by atoms with Gasteiger partial charge in [-0.2, -0.15) is 0 Å². The minimum absolute atomic E-state index is 0.0261. The number of nitrogens with zero attached hydrogens (tertiary/aromatic N) is 2. The topological polar surface area (TPSA) is 280 Å². The summed E-state index contributed by atoms with van der Waals surface area (Å²) in [5.41, 5.74) is 8.34. The highest BCUT2D eigenvalue weighted by Crippen LogP contribution is 2.38. The van der Waals surface area contributed by atoms with E-state index in [1.807, 2.05) is 65.0 Å². The van der Waals surface area contributed by atoms with Crippen LogP contribution in [0.2, 0.25) is 0 Å². The van der Waals surface area contributed by atoms with Gasteiger partial charge in [-0.15, -0.1) is 0 Å². The first-order chi connectivity index (χ1) is 37.7. The van der Waals surface area contributed by atoms with Crippen LogP contribution in [0.5, 0.6) is 0 Å². The zero-order valence-corrected chi connectivity index (χ0v) is 48.9. The molecule has 0 aromatic rings. The SMILES string of the molecule is CCOCCOCCOCCNC(=O)CO/N=C1\[C@H](C)C[C@H](C)/C=C/C=C/C=C(\C)[C@@H](OC)C[C@@H]2CC[C@@H](C)[C@](O)(CC(=O)N3CCCC[C@H]3C(=O)O[C@H]([C@H](N)C[C@@H]3CC[C@@H](O)[C@H](OC)C3)C[C@@H](O)[C@H](C)/C=C(\C)[C@@H](O)[C@H]1O)O2. The van der Waals surface area contributed by atoms with Gasteiger partial charge in [-0.25, -0.2) is 4.79 Å². The van der Waals surface area contributed by atoms with Crippen molar-refractivity contribution in [3.63, 3.8) is 0 Å². The first kappa shape index (κ1) is 67.9. The molecule has 3 aliphatic heterocycles. The number of hydrogen-bond acceptors (Lipinski definition) is 18. The molecule has 79 heavy (non-hydrogen) atoms. The zero-order chi connectivity index (χ0) is 58.1. The van der Waals surface area contributed by atoms with E-state index in [-0.39, 0.29) is 68.2 Å². The number of aliphatic hydroxyl groups excluding tert-OH is 4. The Morgan fingerprint density at radius 2 is 1.57 bits per heavy atom. The summed E-state index contributed by atoms with van der Waals surface area (Å²) in [5.74, 6) is -4.83. The van der Waals surface area contributed by atoms with Gasteiger partial charge in [-0.3, -0.25) is 9.59 Å². The number of aliphatic hydroxyl groups is 5. The summed E-state index contributed by atoms with van der Waals surface area (Å²) in [5, 5.41) is 65.2. The molecule has 452 valence electrons. The van der Waals surface area contributed by atoms with E-state index in [0.717, 1.165) is 5.57 Å². The molecule has 16 atom stereocenters. The number of nitrogens with two attached hydrogens (primary N) is 1. The second-order valence-corrected chi connectivity index (χ2v) is 22.5. The summed E-state index contributed by atoms with van der Waals surface area (Å²) < 4.78 is 40.5. The molecular weight excluding hydrogens is 1020 g/mol. The van der Waals surface area contributed by atoms with Crippen LogP contribution < -0.4 is 11.1 Å². The summed E-state index contributed by atoms with van der Waals surface area (Å²) in [6.45, 7) is 15.6. The molecule has 0 aromatic heterocycles. The van der Waals surface area contributed by atoms with Crippen molar-refractivity contribution in [2.24, 2.45) is 40.5 Å². The van der Waals surface area contributed by atoms with Crippen molar-refractivity contribution < 1.29 is 77.9 Å². The molecule has 8 N–H and O–H groups in total. The molecule has 4 rings (SSSR count). The van der Waals surface area contributed by atoms with Gasteiger partial charge in [0.15, 0.2) is 12.4 Å². The quantitative estimate of drug-likeness (QED) is 0.0419. The van der Waals surface area contributed by atoms with E-state index in [1.165, 1.54) is 4.90 Å². The number of esters is 1. The lowest BCUT2D eigenvalue weighted by atomic mass is 9.80. The maximum absolute atomic E-state index is 14.5. The fraction of sp³-hybridized carbons (Fsp3) is 0.797. The molecule has 3 fully saturated rings. The summed E-state index contributed by atoms with van der Waals surface area (Å²) in [6.07, 6.45) is 9.84. The Balaban J connectivity index is 1.63. The number of methoxy groups -OCH3 is 2. The molecule has 20 nitrogen and oxygen atoms in total. The van der Waals surface area contributed by atoms with E-state index in [4.69, 9.17) is 43.7 Å². The number of oxime groups is 1. The van der Waals surface area contributed by atoms with Gasteiger partial charge in [-0.1, -0.05) is 69.3 Å². The minimum Gasteiger partial charge on any atom is -0.459 e. The Morgan fingerprint density at radius 1 is 0.848 bits per heavy atom. The van der Waals surface area contributed by atoms with Crippen LogP contribution in [-0.4, -0.2) is 194 Å². The standard InChI is InChI=1S/C59H100N4O16/c1-10-74-26-27-76-29-28-75-25-23-61-53(66)37-77-62-55-41(5)30-38(2)16-12-11-13-17-39(3)50(72-8)34-45-21-19-43(7)59(71,79-45)36-54(67)63-24-15-14-18-47(63)58(70)78-51(35-49(65)40(4)31-42(6)56(68)57(55)69)46(60)32-44-20-22-48(64)52(33-44)73-9/h11-13,16-17,31,38,40-41,43-52,56-57,64-65,68-69,71H,10,14-15,18-30,32-37,60H2,1-9H3,(H,61,66)/b13-11+,16-12+,39-17+,42-31+,62-55+/t38-,40-,41-,43-,44+,45+,46-,47+,48-,49-,50+,51+,52-,56-,57+,59+/m1/s1. The lowest BCUT2D eigenvalue weighted by molar-refractivity contribution is -0.284. The molecule has 0 unspecified atom stereocenters. The van der Waals surface area contributed by atoms with Crippen LogP contribution in [0.25, 0.3) is 0 Å². The van der Waals surface area contributed by atoms with E-state index in [1.54, 1.807) is 34.1 Å². The average molecular weight is 1120 g/mol. The van der Waals surface area contributed by atoms with Crippen LogP contribution in [0.3, 0.4) is 0 Å². The highest BCUT2D eigenvalue weighted by molar-refractivity contribution is 5.91. The number of hydrogen-bond donors (Lipinski definition) is 7. The van der Waals surface area contributed by atoms with Gasteiger partial charge in [0.1, 0.15) is 24.4 Å². The first-order valence-electron chi connectivity index (χ1n) is 29.0. The van der Waals surface area contributed by atoms with Crippen molar-refractivity contribution >= 4 is 23.5 Å². The fourth-order valence-electron chi connectivity index (χ4n) is 11.1. The fourth-order valence-corrected chi connectivity index (χ4v) is 11.1. The molecule has 2 amide bonds. The largest absolute Gasteiger partial charge is 0.459 e. The smallest absolute Gasteiger partial charge is 0.329 e. The molecule has 0 spiro atoms. The predicted octanol–water partition coefficient (Wildman–Crippen LogP) is 4.82. The van der Waals surface area contributed by atoms with E-state index in [9.17, 15) is 39.9 Å². The maximum Gasteiger partial charge on any atom is 0.329 e. The van der Waals surface area contributed by atoms with Crippen molar-refractivity contribution in [2.75, 3.05) is 73.6 Å². The van der Waals surface area contributed by atoms with Gasteiger partial charge in [0, 0.05) is 70.6 Å². The van der Waals surface area contributed by atoms with Gasteiger partial charge < -0.3 is 79.5 Å². The third-order valence-corrected chi connectivity index (χ3v) is 16.2. The molecule has 4 aliphatic rings. The average Bonchev–Trinajstić information content (AvgIpc) is 3.42. The molecule has 20 heteroatoms. The van der Waals surface area contributed by atoms with Crippen molar-refractivity contribution in [3.8, 4) is 0 Å². The summed E-state index contributed by atoms with van der Waals surface area (Å²) in [6, 6.07) is -1.73. The second kappa shape index (κ2) is 35.4.